The van der Waals surface area contributed by atoms with Crippen LogP contribution >= 0.6 is 0 Å². The van der Waals surface area contributed by atoms with Gasteiger partial charge >= 0.3 is 35.8 Å². The molecule has 0 N–H and O–H groups in total. The molecule has 3 aromatic rings. The molecule has 6 atom stereocenters. The second-order valence-electron chi connectivity index (χ2n) is 22.7. The first-order valence-electron chi connectivity index (χ1n) is 23.4. The molecule has 3 aromatic carbocycles. The normalized spacial score (nSPS) is 32.7. The number of rotatable bonds is 9. The third-order valence-electron chi connectivity index (χ3n) is 18.8. The van der Waals surface area contributed by atoms with Gasteiger partial charge in [-0.2, -0.15) is 0 Å². The Labute approximate surface area is 395 Å². The van der Waals surface area contributed by atoms with E-state index < -0.39 is 78.1 Å². The van der Waals surface area contributed by atoms with Gasteiger partial charge < -0.3 is 28.4 Å². The molecule has 67 heavy (non-hydrogen) atoms. The fourth-order valence-electron chi connectivity index (χ4n) is 12.6. The monoisotopic (exact) mass is 935 g/mol. The third-order valence-corrected chi connectivity index (χ3v) is 21.0. The van der Waals surface area contributed by atoms with Crippen LogP contribution in [0.4, 0.5) is 0 Å². The third kappa shape index (κ3) is 5.66. The number of esters is 6. The number of fused-ring (bicyclic) bond motifs is 6. The second kappa shape index (κ2) is 14.2. The van der Waals surface area contributed by atoms with Crippen molar-refractivity contribution < 1.29 is 57.2 Å². The lowest BCUT2D eigenvalue weighted by atomic mass is 9.66. The van der Waals surface area contributed by atoms with Crippen LogP contribution in [-0.4, -0.2) is 52.6 Å². The van der Waals surface area contributed by atoms with Crippen LogP contribution in [0.5, 0.6) is 17.2 Å². The van der Waals surface area contributed by atoms with Crippen LogP contribution in [0.3, 0.4) is 0 Å². The van der Waals surface area contributed by atoms with E-state index in [0.717, 1.165) is 14.7 Å². The van der Waals surface area contributed by atoms with Crippen LogP contribution in [0.15, 0.2) is 51.1 Å². The summed E-state index contributed by atoms with van der Waals surface area (Å²) in [4.78, 5) is 84.5. The molecule has 3 heterocycles. The lowest BCUT2D eigenvalue weighted by molar-refractivity contribution is -0.176. The Balaban J connectivity index is 1.09. The fraction of sp³-hybridized carbons (Fsp3) is 0.556. The zero-order valence-electron chi connectivity index (χ0n) is 41.5. The maximum absolute atomic E-state index is 14.2. The first-order valence-corrected chi connectivity index (χ1v) is 24.6. The van der Waals surface area contributed by atoms with Crippen molar-refractivity contribution in [3.05, 3.63) is 69.8 Å². The van der Waals surface area contributed by atoms with Gasteiger partial charge in [-0.05, 0) is 134 Å². The van der Waals surface area contributed by atoms with E-state index in [-0.39, 0.29) is 17.9 Å². The highest BCUT2D eigenvalue weighted by Gasteiger charge is 2.79. The molecule has 6 unspecified atom stereocenters. The van der Waals surface area contributed by atoms with Crippen LogP contribution in [0.2, 0.25) is 0 Å². The van der Waals surface area contributed by atoms with Crippen LogP contribution in [0, 0.1) is 74.0 Å². The Kier molecular flexibility index (Phi) is 9.94. The number of hydrogen-bond donors (Lipinski definition) is 0. The van der Waals surface area contributed by atoms with E-state index >= 15 is 0 Å². The Morgan fingerprint density at radius 1 is 0.403 bits per heavy atom. The summed E-state index contributed by atoms with van der Waals surface area (Å²) < 4.78 is 36.4. The highest BCUT2D eigenvalue weighted by molar-refractivity contribution is 7.97. The molecular formula is C54H63O12S+. The zero-order chi connectivity index (χ0) is 49.2. The summed E-state index contributed by atoms with van der Waals surface area (Å²) in [6, 6.07) is 12.0. The van der Waals surface area contributed by atoms with Crippen LogP contribution in [0.25, 0.3) is 0 Å². The van der Waals surface area contributed by atoms with E-state index in [9.17, 15) is 28.8 Å². The van der Waals surface area contributed by atoms with Gasteiger partial charge in [0.05, 0.1) is 27.1 Å². The van der Waals surface area contributed by atoms with E-state index in [2.05, 4.69) is 0 Å². The first-order chi connectivity index (χ1) is 30.9. The van der Waals surface area contributed by atoms with Crippen molar-refractivity contribution in [3.63, 3.8) is 0 Å². The average Bonchev–Trinajstić information content (AvgIpc) is 3.82. The Bertz CT molecular complexity index is 2430. The minimum absolute atomic E-state index is 0.376. The maximum Gasteiger partial charge on any atom is 0.356 e. The predicted molar refractivity (Wildman–Crippen MR) is 247 cm³/mol. The van der Waals surface area contributed by atoms with Gasteiger partial charge in [0.2, 0.25) is 16.8 Å². The highest BCUT2D eigenvalue weighted by Crippen LogP contribution is 2.68. The van der Waals surface area contributed by atoms with E-state index in [4.69, 9.17) is 28.4 Å². The minimum Gasteiger partial charge on any atom is -0.446 e. The van der Waals surface area contributed by atoms with Crippen molar-refractivity contribution in [2.45, 2.75) is 174 Å². The molecule has 12 nitrogen and oxygen atoms in total. The molecule has 0 amide bonds. The quantitative estimate of drug-likeness (QED) is 0.0867. The molecule has 13 heteroatoms. The summed E-state index contributed by atoms with van der Waals surface area (Å²) in [7, 11) is -0.853. The summed E-state index contributed by atoms with van der Waals surface area (Å²) >= 11 is 0. The van der Waals surface area contributed by atoms with Gasteiger partial charge in [-0.15, -0.1) is 0 Å². The molecule has 0 radical (unpaired) electrons. The molecule has 3 aliphatic carbocycles. The summed E-state index contributed by atoms with van der Waals surface area (Å²) in [5, 5.41) is 0. The van der Waals surface area contributed by atoms with E-state index in [1.165, 1.54) is 0 Å². The molecule has 0 spiro atoms. The SMILES string of the molecule is Cc1cc([S+](c2cc(C)c(OC(=O)C34CCC(C)(C(=O)O3)C4(C)C)c(C)c2)c2cc(C)c(OC(=O)C34CCC(C)(C(=O)O3)C4(C)C)c(C)c2)cc(C)c1OC(=O)C12CCC(C)(C(=O)O1)C2(C)C. The first kappa shape index (κ1) is 46.9. The molecule has 3 saturated heterocycles. The average molecular weight is 936 g/mol. The van der Waals surface area contributed by atoms with Crippen molar-refractivity contribution in [1.82, 2.24) is 0 Å². The largest absolute Gasteiger partial charge is 0.446 e. The molecule has 0 aromatic heterocycles. The van der Waals surface area contributed by atoms with E-state index in [1.54, 1.807) is 0 Å². The van der Waals surface area contributed by atoms with Gasteiger partial charge in [0.15, 0.2) is 14.7 Å². The summed E-state index contributed by atoms with van der Waals surface area (Å²) in [5.41, 5.74) is -4.73. The number of benzene rings is 3. The molecule has 3 aliphatic heterocycles. The molecule has 6 fully saturated rings. The lowest BCUT2D eigenvalue weighted by Gasteiger charge is -2.34. The van der Waals surface area contributed by atoms with E-state index in [0.29, 0.717) is 89.2 Å². The van der Waals surface area contributed by atoms with Gasteiger partial charge in [0.25, 0.3) is 0 Å². The number of carbonyl (C=O) groups excluding carboxylic acids is 6. The van der Waals surface area contributed by atoms with Crippen molar-refractivity contribution in [1.29, 1.82) is 0 Å². The Morgan fingerprint density at radius 3 is 0.776 bits per heavy atom. The summed E-state index contributed by atoms with van der Waals surface area (Å²) in [5.74, 6) is -1.76. The highest BCUT2D eigenvalue weighted by atomic mass is 32.2. The number of hydrogen-bond acceptors (Lipinski definition) is 12. The van der Waals surface area contributed by atoms with Gasteiger partial charge in [0, 0.05) is 52.6 Å². The van der Waals surface area contributed by atoms with Crippen LogP contribution in [0.1, 0.15) is 134 Å². The molecule has 3 saturated carbocycles. The topological polar surface area (TPSA) is 158 Å². The van der Waals surface area contributed by atoms with Gasteiger partial charge in [-0.3, -0.25) is 14.4 Å². The maximum atomic E-state index is 14.2. The van der Waals surface area contributed by atoms with Crippen molar-refractivity contribution in [2.24, 2.45) is 32.5 Å². The Hall–Kier alpha value is -5.17. The van der Waals surface area contributed by atoms with Crippen molar-refractivity contribution in [3.8, 4) is 17.2 Å². The molecule has 9 rings (SSSR count). The standard InChI is InChI=1S/C54H63O12S/c1-28-22-34(23-29(2)37(28)61-43(58)52-19-16-49(13,40(55)64-52)46(52,7)8)67(35-24-30(3)38(31(4)25-35)62-44(59)53-20-17-50(14,41(56)65-53)47(53,9)10)36-26-32(5)39(33(6)27-36)63-45(60)54-21-18-51(15,42(57)66-54)48(54,11)12/h22-27H,16-21H2,1-15H3/q+1. The van der Waals surface area contributed by atoms with Crippen LogP contribution < -0.4 is 14.2 Å². The van der Waals surface area contributed by atoms with Gasteiger partial charge in [-0.25, -0.2) is 14.4 Å². The van der Waals surface area contributed by atoms with Crippen LogP contribution in [-0.2, 0) is 53.9 Å². The lowest BCUT2D eigenvalue weighted by Crippen LogP contribution is -2.50. The summed E-state index contributed by atoms with van der Waals surface area (Å²) in [6.45, 7) is 28.3. The zero-order valence-corrected chi connectivity index (χ0v) is 42.3. The van der Waals surface area contributed by atoms with Crippen molar-refractivity contribution in [2.75, 3.05) is 0 Å². The Morgan fingerprint density at radius 2 is 0.612 bits per heavy atom. The number of carbonyl (C=O) groups is 6. The number of ether oxygens (including phenoxy) is 6. The molecular weight excluding hydrogens is 873 g/mol. The smallest absolute Gasteiger partial charge is 0.356 e. The number of aryl methyl sites for hydroxylation is 6. The second-order valence-corrected chi connectivity index (χ2v) is 24.7. The molecule has 356 valence electrons. The predicted octanol–water partition coefficient (Wildman–Crippen LogP) is 9.71. The van der Waals surface area contributed by atoms with Gasteiger partial charge in [-0.1, -0.05) is 41.5 Å². The fourth-order valence-corrected chi connectivity index (χ4v) is 15.2. The summed E-state index contributed by atoms with van der Waals surface area (Å²) in [6.07, 6.45) is 2.71. The molecule has 6 aliphatic rings. The van der Waals surface area contributed by atoms with E-state index in [1.807, 2.05) is 140 Å². The molecule has 6 bridgehead atoms. The minimum atomic E-state index is -1.40. The van der Waals surface area contributed by atoms with Gasteiger partial charge in [0.1, 0.15) is 17.2 Å². The van der Waals surface area contributed by atoms with Crippen molar-refractivity contribution >= 4 is 46.7 Å².